The van der Waals surface area contributed by atoms with Gasteiger partial charge >= 0.3 is 18.0 Å². The largest absolute Gasteiger partial charge is 0.480 e. The van der Waals surface area contributed by atoms with E-state index in [9.17, 15) is 24.3 Å². The standard InChI is InChI=1S/C21H28N2O7/c1-21(2,3)30-20(28)22-15(18(25)23-11-7-10-16(23)19(26)27)12-17(24)29-13-14-8-5-4-6-9-14/h4-6,8-9,15-16H,7,10-13H2,1-3H3,(H,22,28)(H,26,27)/t15-,16-/m0/s1. The first-order valence-corrected chi connectivity index (χ1v) is 9.79. The Morgan fingerprint density at radius 2 is 1.87 bits per heavy atom. The van der Waals surface area contributed by atoms with Gasteiger partial charge in [0.15, 0.2) is 0 Å². The zero-order chi connectivity index (χ0) is 22.3. The number of carboxylic acid groups (broad SMARTS) is 1. The second-order valence-electron chi connectivity index (χ2n) is 8.08. The number of nitrogens with zero attached hydrogens (tertiary/aromatic N) is 1. The van der Waals surface area contributed by atoms with Gasteiger partial charge in [0.2, 0.25) is 5.91 Å². The topological polar surface area (TPSA) is 122 Å². The van der Waals surface area contributed by atoms with Gasteiger partial charge in [0.05, 0.1) is 6.42 Å². The Labute approximate surface area is 175 Å². The van der Waals surface area contributed by atoms with Crippen LogP contribution in [0.2, 0.25) is 0 Å². The van der Waals surface area contributed by atoms with E-state index >= 15 is 0 Å². The van der Waals surface area contributed by atoms with E-state index in [0.717, 1.165) is 5.56 Å². The van der Waals surface area contributed by atoms with Gasteiger partial charge in [-0.1, -0.05) is 30.3 Å². The maximum atomic E-state index is 13.0. The molecule has 1 fully saturated rings. The highest BCUT2D eigenvalue weighted by Crippen LogP contribution is 2.20. The zero-order valence-electron chi connectivity index (χ0n) is 17.4. The highest BCUT2D eigenvalue weighted by Gasteiger charge is 2.39. The predicted octanol–water partition coefficient (Wildman–Crippen LogP) is 2.09. The number of aliphatic carboxylic acids is 1. The van der Waals surface area contributed by atoms with E-state index in [4.69, 9.17) is 9.47 Å². The van der Waals surface area contributed by atoms with Crippen molar-refractivity contribution in [1.82, 2.24) is 10.2 Å². The van der Waals surface area contributed by atoms with Crippen LogP contribution in [0.15, 0.2) is 30.3 Å². The normalized spacial score (nSPS) is 17.2. The molecule has 2 N–H and O–H groups in total. The molecule has 164 valence electrons. The smallest absolute Gasteiger partial charge is 0.408 e. The van der Waals surface area contributed by atoms with E-state index in [0.29, 0.717) is 12.8 Å². The van der Waals surface area contributed by atoms with Gasteiger partial charge in [-0.05, 0) is 39.2 Å². The van der Waals surface area contributed by atoms with Crippen molar-refractivity contribution in [3.63, 3.8) is 0 Å². The Hall–Kier alpha value is -3.10. The Morgan fingerprint density at radius 3 is 2.47 bits per heavy atom. The van der Waals surface area contributed by atoms with Crippen LogP contribution in [0.5, 0.6) is 0 Å². The number of esters is 1. The maximum Gasteiger partial charge on any atom is 0.408 e. The van der Waals surface area contributed by atoms with Crippen molar-refractivity contribution in [1.29, 1.82) is 0 Å². The van der Waals surface area contributed by atoms with E-state index in [1.165, 1.54) is 4.90 Å². The molecule has 9 heteroatoms. The summed E-state index contributed by atoms with van der Waals surface area (Å²) in [5.74, 6) is -2.47. The second kappa shape index (κ2) is 10.1. The number of likely N-dealkylation sites (tertiary alicyclic amines) is 1. The molecule has 0 aromatic heterocycles. The fourth-order valence-electron chi connectivity index (χ4n) is 3.10. The number of carbonyl (C=O) groups is 4. The molecule has 1 saturated heterocycles. The summed E-state index contributed by atoms with van der Waals surface area (Å²) in [4.78, 5) is 50.1. The van der Waals surface area contributed by atoms with Crippen molar-refractivity contribution in [2.24, 2.45) is 0 Å². The number of amides is 2. The van der Waals surface area contributed by atoms with Crippen molar-refractivity contribution in [2.45, 2.75) is 64.3 Å². The summed E-state index contributed by atoms with van der Waals surface area (Å²) < 4.78 is 10.4. The lowest BCUT2D eigenvalue weighted by molar-refractivity contribution is -0.151. The molecule has 2 amide bonds. The highest BCUT2D eigenvalue weighted by molar-refractivity contribution is 5.92. The number of alkyl carbamates (subject to hydrolysis) is 1. The minimum atomic E-state index is -1.29. The SMILES string of the molecule is CC(C)(C)OC(=O)N[C@@H](CC(=O)OCc1ccccc1)C(=O)N1CCC[C@H]1C(=O)O. The first kappa shape index (κ1) is 23.2. The van der Waals surface area contributed by atoms with Gasteiger partial charge in [-0.15, -0.1) is 0 Å². The molecule has 0 aliphatic carbocycles. The van der Waals surface area contributed by atoms with Crippen LogP contribution in [0.3, 0.4) is 0 Å². The molecule has 0 unspecified atom stereocenters. The summed E-state index contributed by atoms with van der Waals surface area (Å²) in [5, 5.41) is 11.7. The molecule has 0 radical (unpaired) electrons. The number of benzene rings is 1. The van der Waals surface area contributed by atoms with Crippen molar-refractivity contribution in [3.8, 4) is 0 Å². The Kier molecular flexibility index (Phi) is 7.79. The molecule has 2 rings (SSSR count). The van der Waals surface area contributed by atoms with E-state index < -0.39 is 48.0 Å². The zero-order valence-corrected chi connectivity index (χ0v) is 17.4. The van der Waals surface area contributed by atoms with Crippen LogP contribution in [0.1, 0.15) is 45.6 Å². The third-order valence-corrected chi connectivity index (χ3v) is 4.42. The van der Waals surface area contributed by atoms with Crippen LogP contribution >= 0.6 is 0 Å². The summed E-state index contributed by atoms with van der Waals surface area (Å²) in [7, 11) is 0. The quantitative estimate of drug-likeness (QED) is 0.648. The number of carbonyl (C=O) groups excluding carboxylic acids is 3. The third-order valence-electron chi connectivity index (χ3n) is 4.42. The molecule has 1 heterocycles. The Morgan fingerprint density at radius 1 is 1.20 bits per heavy atom. The van der Waals surface area contributed by atoms with Gasteiger partial charge < -0.3 is 24.8 Å². The van der Waals surface area contributed by atoms with Crippen LogP contribution < -0.4 is 5.32 Å². The van der Waals surface area contributed by atoms with Gasteiger partial charge in [-0.2, -0.15) is 0 Å². The molecular formula is C21H28N2O7. The number of hydrogen-bond acceptors (Lipinski definition) is 6. The maximum absolute atomic E-state index is 13.0. The van der Waals surface area contributed by atoms with Crippen molar-refractivity contribution in [3.05, 3.63) is 35.9 Å². The molecule has 1 aromatic carbocycles. The van der Waals surface area contributed by atoms with E-state index in [1.807, 2.05) is 6.07 Å². The average Bonchev–Trinajstić information content (AvgIpc) is 3.15. The second-order valence-corrected chi connectivity index (χ2v) is 8.08. The molecule has 0 bridgehead atoms. The molecule has 1 aliphatic rings. The monoisotopic (exact) mass is 420 g/mol. The Bertz CT molecular complexity index is 773. The van der Waals surface area contributed by atoms with Crippen LogP contribution in [-0.2, 0) is 30.5 Å². The molecular weight excluding hydrogens is 392 g/mol. The lowest BCUT2D eigenvalue weighted by Gasteiger charge is -2.28. The van der Waals surface area contributed by atoms with Gasteiger partial charge in [-0.3, -0.25) is 9.59 Å². The summed E-state index contributed by atoms with van der Waals surface area (Å²) in [5.41, 5.74) is -0.0257. The first-order chi connectivity index (χ1) is 14.1. The minimum Gasteiger partial charge on any atom is -0.480 e. The van der Waals surface area contributed by atoms with Crippen LogP contribution in [0.4, 0.5) is 4.79 Å². The van der Waals surface area contributed by atoms with E-state index in [-0.39, 0.29) is 13.2 Å². The van der Waals surface area contributed by atoms with Crippen molar-refractivity contribution >= 4 is 23.9 Å². The molecule has 9 nitrogen and oxygen atoms in total. The molecule has 30 heavy (non-hydrogen) atoms. The van der Waals surface area contributed by atoms with Gasteiger partial charge in [-0.25, -0.2) is 9.59 Å². The van der Waals surface area contributed by atoms with Crippen molar-refractivity contribution in [2.75, 3.05) is 6.54 Å². The molecule has 1 aromatic rings. The molecule has 0 saturated carbocycles. The summed E-state index contributed by atoms with van der Waals surface area (Å²) in [6.45, 7) is 5.26. The molecule has 1 aliphatic heterocycles. The van der Waals surface area contributed by atoms with Crippen LogP contribution in [0.25, 0.3) is 0 Å². The van der Waals surface area contributed by atoms with Gasteiger partial charge in [0, 0.05) is 6.54 Å². The van der Waals surface area contributed by atoms with Crippen LogP contribution in [0, 0.1) is 0 Å². The highest BCUT2D eigenvalue weighted by atomic mass is 16.6. The van der Waals surface area contributed by atoms with Gasteiger partial charge in [0.1, 0.15) is 24.3 Å². The minimum absolute atomic E-state index is 0.0223. The lowest BCUT2D eigenvalue weighted by Crippen LogP contribution is -2.53. The fraction of sp³-hybridized carbons (Fsp3) is 0.524. The lowest BCUT2D eigenvalue weighted by atomic mass is 10.1. The molecule has 2 atom stereocenters. The summed E-state index contributed by atoms with van der Waals surface area (Å²) in [6.07, 6.45) is -0.463. The summed E-state index contributed by atoms with van der Waals surface area (Å²) >= 11 is 0. The number of nitrogens with one attached hydrogen (secondary N) is 1. The summed E-state index contributed by atoms with van der Waals surface area (Å²) in [6, 6.07) is 6.74. The fourth-order valence-corrected chi connectivity index (χ4v) is 3.10. The van der Waals surface area contributed by atoms with E-state index in [2.05, 4.69) is 5.32 Å². The predicted molar refractivity (Wildman–Crippen MR) is 106 cm³/mol. The third kappa shape index (κ3) is 7.06. The first-order valence-electron chi connectivity index (χ1n) is 9.79. The van der Waals surface area contributed by atoms with E-state index in [1.54, 1.807) is 45.0 Å². The van der Waals surface area contributed by atoms with Gasteiger partial charge in [0.25, 0.3) is 0 Å². The number of carboxylic acids is 1. The average molecular weight is 420 g/mol. The molecule has 0 spiro atoms. The van der Waals surface area contributed by atoms with Crippen LogP contribution in [-0.4, -0.2) is 58.2 Å². The number of rotatable bonds is 7. The number of hydrogen-bond donors (Lipinski definition) is 2. The van der Waals surface area contributed by atoms with Crippen molar-refractivity contribution < 1.29 is 33.8 Å². The Balaban J connectivity index is 2.07. The number of ether oxygens (including phenoxy) is 2.